The first-order chi connectivity index (χ1) is 5.22. The highest BCUT2D eigenvalue weighted by Gasteiger charge is 2.27. The second-order valence-electron chi connectivity index (χ2n) is 2.49. The van der Waals surface area contributed by atoms with E-state index in [2.05, 4.69) is 5.32 Å². The monoisotopic (exact) mass is 204 g/mol. The summed E-state index contributed by atoms with van der Waals surface area (Å²) in [5.41, 5.74) is 0. The van der Waals surface area contributed by atoms with Gasteiger partial charge in [-0.3, -0.25) is 4.90 Å². The summed E-state index contributed by atoms with van der Waals surface area (Å²) >= 11 is 0. The van der Waals surface area contributed by atoms with Crippen molar-refractivity contribution in [3.63, 3.8) is 0 Å². The van der Waals surface area contributed by atoms with Crippen LogP contribution >= 0.6 is 12.4 Å². The molecule has 1 unspecified atom stereocenters. The van der Waals surface area contributed by atoms with Gasteiger partial charge in [-0.25, -0.2) is 13.2 Å². The quantitative estimate of drug-likeness (QED) is 0.672. The Morgan fingerprint density at radius 1 is 1.08 bits per heavy atom. The van der Waals surface area contributed by atoms with Crippen molar-refractivity contribution in [1.29, 1.82) is 0 Å². The van der Waals surface area contributed by atoms with Crippen molar-refractivity contribution in [1.82, 2.24) is 10.2 Å². The van der Waals surface area contributed by atoms with Crippen molar-refractivity contribution in [2.24, 2.45) is 0 Å². The number of halogens is 4. The Labute approximate surface area is 75.5 Å². The molecule has 1 aliphatic rings. The summed E-state index contributed by atoms with van der Waals surface area (Å²) in [6.45, 7) is 1.91. The molecule has 0 aromatic rings. The van der Waals surface area contributed by atoms with Gasteiger partial charge in [0.25, 0.3) is 6.43 Å². The van der Waals surface area contributed by atoms with Crippen LogP contribution in [-0.4, -0.2) is 43.8 Å². The molecule has 2 nitrogen and oxygen atoms in total. The molecule has 1 saturated heterocycles. The highest BCUT2D eigenvalue weighted by Crippen LogP contribution is 2.11. The first-order valence-corrected chi connectivity index (χ1v) is 3.59. The van der Waals surface area contributed by atoms with Crippen LogP contribution in [-0.2, 0) is 0 Å². The second kappa shape index (κ2) is 5.61. The van der Waals surface area contributed by atoms with Gasteiger partial charge in [0.05, 0.1) is 0 Å². The lowest BCUT2D eigenvalue weighted by molar-refractivity contribution is -0.0527. The fourth-order valence-electron chi connectivity index (χ4n) is 1.09. The van der Waals surface area contributed by atoms with Crippen LogP contribution in [0, 0.1) is 0 Å². The molecule has 1 aliphatic heterocycles. The molecule has 0 aromatic carbocycles. The average molecular weight is 205 g/mol. The van der Waals surface area contributed by atoms with E-state index >= 15 is 0 Å². The number of nitrogens with one attached hydrogen (secondary N) is 1. The summed E-state index contributed by atoms with van der Waals surface area (Å²) in [4.78, 5) is 1.15. The van der Waals surface area contributed by atoms with E-state index in [1.54, 1.807) is 0 Å². The fraction of sp³-hybridized carbons (Fsp3) is 1.00. The molecule has 12 heavy (non-hydrogen) atoms. The van der Waals surface area contributed by atoms with Crippen molar-refractivity contribution in [3.05, 3.63) is 0 Å². The van der Waals surface area contributed by atoms with Gasteiger partial charge in [0.15, 0.2) is 0 Å². The zero-order valence-corrected chi connectivity index (χ0v) is 7.29. The lowest BCUT2D eigenvalue weighted by Crippen LogP contribution is -2.49. The van der Waals surface area contributed by atoms with E-state index in [9.17, 15) is 13.2 Å². The van der Waals surface area contributed by atoms with Crippen LogP contribution in [0.25, 0.3) is 0 Å². The minimum absolute atomic E-state index is 0. The van der Waals surface area contributed by atoms with E-state index in [-0.39, 0.29) is 12.4 Å². The molecule has 1 atom stereocenters. The third-order valence-corrected chi connectivity index (χ3v) is 1.71. The molecule has 74 valence electrons. The summed E-state index contributed by atoms with van der Waals surface area (Å²) in [6.07, 6.45) is -4.97. The molecule has 0 radical (unpaired) electrons. The van der Waals surface area contributed by atoms with Crippen LogP contribution in [0.1, 0.15) is 0 Å². The van der Waals surface area contributed by atoms with Crippen molar-refractivity contribution in [2.45, 2.75) is 12.7 Å². The summed E-state index contributed by atoms with van der Waals surface area (Å²) in [5, 5.41) is 2.96. The Morgan fingerprint density at radius 3 is 2.00 bits per heavy atom. The zero-order chi connectivity index (χ0) is 8.27. The molecule has 0 saturated carbocycles. The molecule has 0 spiro atoms. The van der Waals surface area contributed by atoms with Crippen LogP contribution in [0.3, 0.4) is 0 Å². The fourth-order valence-corrected chi connectivity index (χ4v) is 1.09. The van der Waals surface area contributed by atoms with Gasteiger partial charge in [-0.2, -0.15) is 0 Å². The molecule has 1 heterocycles. The highest BCUT2D eigenvalue weighted by atomic mass is 35.5. The van der Waals surface area contributed by atoms with Crippen molar-refractivity contribution in [3.8, 4) is 0 Å². The topological polar surface area (TPSA) is 15.3 Å². The number of hydrogen-bond acceptors (Lipinski definition) is 2. The van der Waals surface area contributed by atoms with Gasteiger partial charge in [0.1, 0.15) is 0 Å². The van der Waals surface area contributed by atoms with E-state index in [0.29, 0.717) is 26.2 Å². The van der Waals surface area contributed by atoms with Gasteiger partial charge in [-0.1, -0.05) is 0 Å². The molecule has 6 heteroatoms. The van der Waals surface area contributed by atoms with Crippen molar-refractivity contribution < 1.29 is 13.2 Å². The lowest BCUT2D eigenvalue weighted by Gasteiger charge is -2.29. The third-order valence-electron chi connectivity index (χ3n) is 1.71. The van der Waals surface area contributed by atoms with Crippen LogP contribution in [0.15, 0.2) is 0 Å². The van der Waals surface area contributed by atoms with Gasteiger partial charge in [0.2, 0.25) is 6.30 Å². The first-order valence-electron chi connectivity index (χ1n) is 3.59. The SMILES string of the molecule is Cl.FC(F)C(F)N1CCNCC1. The van der Waals surface area contributed by atoms with Gasteiger partial charge < -0.3 is 5.32 Å². The zero-order valence-electron chi connectivity index (χ0n) is 6.47. The number of nitrogens with zero attached hydrogens (tertiary/aromatic N) is 1. The summed E-state index contributed by atoms with van der Waals surface area (Å²) in [6, 6.07) is 0. The molecule has 1 rings (SSSR count). The van der Waals surface area contributed by atoms with Gasteiger partial charge in [-0.15, -0.1) is 12.4 Å². The van der Waals surface area contributed by atoms with Gasteiger partial charge >= 0.3 is 0 Å². The van der Waals surface area contributed by atoms with E-state index in [4.69, 9.17) is 0 Å². The highest BCUT2D eigenvalue weighted by molar-refractivity contribution is 5.85. The predicted octanol–water partition coefficient (Wildman–Crippen LogP) is 0.874. The Morgan fingerprint density at radius 2 is 1.58 bits per heavy atom. The van der Waals surface area contributed by atoms with E-state index < -0.39 is 12.7 Å². The largest absolute Gasteiger partial charge is 0.314 e. The smallest absolute Gasteiger partial charge is 0.282 e. The van der Waals surface area contributed by atoms with Crippen molar-refractivity contribution >= 4 is 12.4 Å². The molecule has 0 aliphatic carbocycles. The normalized spacial score (nSPS) is 22.0. The summed E-state index contributed by atoms with van der Waals surface area (Å²) in [5.74, 6) is 0. The standard InChI is InChI=1S/C6H11F3N2.ClH/c7-5(8)6(9)11-3-1-10-2-4-11;/h5-6,10H,1-4H2;1H. The maximum absolute atomic E-state index is 12.6. The third kappa shape index (κ3) is 3.16. The summed E-state index contributed by atoms with van der Waals surface area (Å²) < 4.78 is 36.1. The molecule has 0 amide bonds. The second-order valence-corrected chi connectivity index (χ2v) is 2.49. The van der Waals surface area contributed by atoms with Crippen LogP contribution in [0.5, 0.6) is 0 Å². The number of hydrogen-bond donors (Lipinski definition) is 1. The van der Waals surface area contributed by atoms with Crippen LogP contribution in [0.2, 0.25) is 0 Å². The van der Waals surface area contributed by atoms with Gasteiger partial charge in [-0.05, 0) is 0 Å². The first kappa shape index (κ1) is 12.0. The number of piperazine rings is 1. The van der Waals surface area contributed by atoms with Crippen molar-refractivity contribution in [2.75, 3.05) is 26.2 Å². The lowest BCUT2D eigenvalue weighted by atomic mass is 10.3. The number of alkyl halides is 3. The molecule has 0 aromatic heterocycles. The predicted molar refractivity (Wildman–Crippen MR) is 42.6 cm³/mol. The average Bonchev–Trinajstić information content (AvgIpc) is 2.05. The minimum atomic E-state index is -2.88. The molecular weight excluding hydrogens is 193 g/mol. The van der Waals surface area contributed by atoms with E-state index in [1.807, 2.05) is 0 Å². The maximum Gasteiger partial charge on any atom is 0.282 e. The van der Waals surface area contributed by atoms with Crippen LogP contribution < -0.4 is 5.32 Å². The molecular formula is C6H12ClF3N2. The Balaban J connectivity index is 0.00000121. The van der Waals surface area contributed by atoms with E-state index in [1.165, 1.54) is 0 Å². The molecule has 1 fully saturated rings. The molecule has 0 bridgehead atoms. The Bertz CT molecular complexity index is 119. The Hall–Kier alpha value is -0.0000000000000000416. The minimum Gasteiger partial charge on any atom is -0.314 e. The maximum atomic E-state index is 12.6. The number of rotatable bonds is 2. The van der Waals surface area contributed by atoms with Gasteiger partial charge in [0, 0.05) is 26.2 Å². The van der Waals surface area contributed by atoms with Crippen LogP contribution in [0.4, 0.5) is 13.2 Å². The summed E-state index contributed by atoms with van der Waals surface area (Å²) in [7, 11) is 0. The van der Waals surface area contributed by atoms with E-state index in [0.717, 1.165) is 4.90 Å². The Kier molecular flexibility index (Phi) is 5.61. The molecule has 1 N–H and O–H groups in total.